The lowest BCUT2D eigenvalue weighted by Crippen LogP contribution is -2.26. The largest absolute Gasteiger partial charge is 0.354 e. The Morgan fingerprint density at radius 1 is 1.40 bits per heavy atom. The predicted octanol–water partition coefficient (Wildman–Crippen LogP) is 2.34. The minimum absolute atomic E-state index is 0.334. The molecule has 0 bridgehead atoms. The van der Waals surface area contributed by atoms with Gasteiger partial charge in [0.05, 0.1) is 5.69 Å². The molecule has 1 aromatic rings. The minimum atomic E-state index is 0.334. The second kappa shape index (κ2) is 4.94. The molecule has 15 heavy (non-hydrogen) atoms. The van der Waals surface area contributed by atoms with Crippen molar-refractivity contribution in [3.63, 3.8) is 0 Å². The Morgan fingerprint density at radius 3 is 2.53 bits per heavy atom. The number of anilines is 1. The molecule has 1 aromatic heterocycles. The third-order valence-electron chi connectivity index (χ3n) is 1.88. The number of aromatic nitrogens is 1. The first-order valence-corrected chi connectivity index (χ1v) is 6.09. The van der Waals surface area contributed by atoms with E-state index in [2.05, 4.69) is 36.5 Å². The number of nitrogens with zero attached hydrogens (tertiary/aromatic N) is 2. The first kappa shape index (κ1) is 12.5. The van der Waals surface area contributed by atoms with Crippen LogP contribution >= 0.6 is 11.3 Å². The Bertz CT molecular complexity index is 299. The van der Waals surface area contributed by atoms with E-state index in [0.717, 1.165) is 23.9 Å². The normalized spacial score (nSPS) is 11.8. The minimum Gasteiger partial charge on any atom is -0.354 e. The quantitative estimate of drug-likeness (QED) is 0.856. The average Bonchev–Trinajstić information content (AvgIpc) is 2.50. The van der Waals surface area contributed by atoms with Crippen LogP contribution in [0.1, 0.15) is 26.5 Å². The summed E-state index contributed by atoms with van der Waals surface area (Å²) < 4.78 is 0. The highest BCUT2D eigenvalue weighted by Crippen LogP contribution is 2.18. The van der Waals surface area contributed by atoms with Crippen molar-refractivity contribution in [2.75, 3.05) is 25.5 Å². The van der Waals surface area contributed by atoms with Gasteiger partial charge in [-0.2, -0.15) is 0 Å². The molecule has 0 aromatic carbocycles. The monoisotopic (exact) mass is 227 g/mol. The fourth-order valence-corrected chi connectivity index (χ4v) is 1.91. The van der Waals surface area contributed by atoms with E-state index in [9.17, 15) is 0 Å². The smallest absolute Gasteiger partial charge is 0.185 e. The summed E-state index contributed by atoms with van der Waals surface area (Å²) in [4.78, 5) is 6.55. The molecule has 0 aliphatic rings. The van der Waals surface area contributed by atoms with E-state index in [4.69, 9.17) is 0 Å². The van der Waals surface area contributed by atoms with Crippen molar-refractivity contribution in [3.8, 4) is 0 Å². The van der Waals surface area contributed by atoms with Gasteiger partial charge in [-0.3, -0.25) is 0 Å². The number of thiazole rings is 1. The second-order valence-electron chi connectivity index (χ2n) is 5.18. The fourth-order valence-electron chi connectivity index (χ4n) is 1.15. The van der Waals surface area contributed by atoms with Gasteiger partial charge in [-0.05, 0) is 5.41 Å². The summed E-state index contributed by atoms with van der Waals surface area (Å²) in [7, 11) is 4.04. The maximum absolute atomic E-state index is 4.51. The van der Waals surface area contributed by atoms with E-state index in [1.165, 1.54) is 0 Å². The van der Waals surface area contributed by atoms with E-state index in [-0.39, 0.29) is 0 Å². The van der Waals surface area contributed by atoms with Crippen LogP contribution in [0.4, 0.5) is 5.13 Å². The molecule has 4 heteroatoms. The molecule has 0 radical (unpaired) electrons. The summed E-state index contributed by atoms with van der Waals surface area (Å²) in [5.41, 5.74) is 1.47. The van der Waals surface area contributed by atoms with Gasteiger partial charge in [0, 0.05) is 32.6 Å². The van der Waals surface area contributed by atoms with Gasteiger partial charge in [-0.1, -0.05) is 20.8 Å². The van der Waals surface area contributed by atoms with Gasteiger partial charge in [0.1, 0.15) is 0 Å². The first-order valence-electron chi connectivity index (χ1n) is 5.21. The summed E-state index contributed by atoms with van der Waals surface area (Å²) >= 11 is 1.69. The van der Waals surface area contributed by atoms with Crippen molar-refractivity contribution in [1.29, 1.82) is 0 Å². The molecule has 1 rings (SSSR count). The van der Waals surface area contributed by atoms with Crippen LogP contribution in [0.25, 0.3) is 0 Å². The molecule has 0 unspecified atom stereocenters. The summed E-state index contributed by atoms with van der Waals surface area (Å²) in [6, 6.07) is 0. The van der Waals surface area contributed by atoms with Crippen LogP contribution in [0.2, 0.25) is 0 Å². The van der Waals surface area contributed by atoms with Gasteiger partial charge in [-0.25, -0.2) is 4.98 Å². The van der Waals surface area contributed by atoms with Crippen molar-refractivity contribution < 1.29 is 0 Å². The first-order chi connectivity index (χ1) is 6.88. The topological polar surface area (TPSA) is 28.2 Å². The van der Waals surface area contributed by atoms with Crippen molar-refractivity contribution in [1.82, 2.24) is 10.3 Å². The van der Waals surface area contributed by atoms with Gasteiger partial charge >= 0.3 is 0 Å². The Labute approximate surface area is 96.5 Å². The Morgan fingerprint density at radius 2 is 2.07 bits per heavy atom. The molecule has 0 aliphatic heterocycles. The zero-order chi connectivity index (χ0) is 11.5. The average molecular weight is 227 g/mol. The summed E-state index contributed by atoms with van der Waals surface area (Å²) in [5.74, 6) is 0. The van der Waals surface area contributed by atoms with Gasteiger partial charge < -0.3 is 10.2 Å². The van der Waals surface area contributed by atoms with Crippen LogP contribution in [-0.2, 0) is 6.54 Å². The van der Waals surface area contributed by atoms with E-state index >= 15 is 0 Å². The maximum Gasteiger partial charge on any atom is 0.185 e. The molecular formula is C11H21N3S. The molecule has 3 nitrogen and oxygen atoms in total. The van der Waals surface area contributed by atoms with Gasteiger partial charge in [0.25, 0.3) is 0 Å². The predicted molar refractivity (Wildman–Crippen MR) is 67.6 cm³/mol. The number of hydrogen-bond donors (Lipinski definition) is 1. The van der Waals surface area contributed by atoms with E-state index in [0.29, 0.717) is 5.41 Å². The third-order valence-corrected chi connectivity index (χ3v) is 2.94. The maximum atomic E-state index is 4.51. The lowest BCUT2D eigenvalue weighted by atomic mass is 9.97. The molecule has 86 valence electrons. The van der Waals surface area contributed by atoms with E-state index in [1.54, 1.807) is 11.3 Å². The van der Waals surface area contributed by atoms with E-state index < -0.39 is 0 Å². The van der Waals surface area contributed by atoms with Crippen LogP contribution in [0.15, 0.2) is 5.38 Å². The summed E-state index contributed by atoms with van der Waals surface area (Å²) in [5, 5.41) is 6.61. The molecule has 0 amide bonds. The van der Waals surface area contributed by atoms with Crippen molar-refractivity contribution >= 4 is 16.5 Å². The molecule has 0 saturated carbocycles. The fraction of sp³-hybridized carbons (Fsp3) is 0.727. The standard InChI is InChI=1S/C11H21N3S/c1-11(2,3)8-12-6-9-7-15-10(13-9)14(4)5/h7,12H,6,8H2,1-5H3. The van der Waals surface area contributed by atoms with Gasteiger partial charge in [-0.15, -0.1) is 11.3 Å². The second-order valence-corrected chi connectivity index (χ2v) is 6.02. The van der Waals surface area contributed by atoms with Gasteiger partial charge in [0.2, 0.25) is 0 Å². The zero-order valence-electron chi connectivity index (χ0n) is 10.3. The van der Waals surface area contributed by atoms with Crippen LogP contribution in [0.5, 0.6) is 0 Å². The number of hydrogen-bond acceptors (Lipinski definition) is 4. The summed E-state index contributed by atoms with van der Waals surface area (Å²) in [6.07, 6.45) is 0. The van der Waals surface area contributed by atoms with Gasteiger partial charge in [0.15, 0.2) is 5.13 Å². The van der Waals surface area contributed by atoms with Crippen molar-refractivity contribution in [3.05, 3.63) is 11.1 Å². The molecule has 0 fully saturated rings. The number of nitrogens with one attached hydrogen (secondary N) is 1. The molecule has 1 heterocycles. The van der Waals surface area contributed by atoms with Crippen LogP contribution in [0.3, 0.4) is 0 Å². The third kappa shape index (κ3) is 4.62. The lowest BCUT2D eigenvalue weighted by molar-refractivity contribution is 0.378. The molecular weight excluding hydrogens is 206 g/mol. The Hall–Kier alpha value is -0.610. The molecule has 0 atom stereocenters. The van der Waals surface area contributed by atoms with Crippen molar-refractivity contribution in [2.24, 2.45) is 5.41 Å². The highest BCUT2D eigenvalue weighted by Gasteiger charge is 2.09. The van der Waals surface area contributed by atoms with Crippen LogP contribution < -0.4 is 10.2 Å². The molecule has 0 spiro atoms. The highest BCUT2D eigenvalue weighted by atomic mass is 32.1. The van der Waals surface area contributed by atoms with E-state index in [1.807, 2.05) is 19.0 Å². The Balaban J connectivity index is 2.38. The van der Waals surface area contributed by atoms with Crippen LogP contribution in [-0.4, -0.2) is 25.6 Å². The molecule has 0 aliphatic carbocycles. The van der Waals surface area contributed by atoms with Crippen molar-refractivity contribution in [2.45, 2.75) is 27.3 Å². The molecule has 1 N–H and O–H groups in total. The van der Waals surface area contributed by atoms with Crippen LogP contribution in [0, 0.1) is 5.41 Å². The summed E-state index contributed by atoms with van der Waals surface area (Å²) in [6.45, 7) is 8.56. The zero-order valence-corrected chi connectivity index (χ0v) is 11.1. The highest BCUT2D eigenvalue weighted by molar-refractivity contribution is 7.13. The SMILES string of the molecule is CN(C)c1nc(CNCC(C)(C)C)cs1. The Kier molecular flexibility index (Phi) is 4.11. The molecule has 0 saturated heterocycles. The number of rotatable bonds is 4. The lowest BCUT2D eigenvalue weighted by Gasteiger charge is -2.18.